The van der Waals surface area contributed by atoms with Gasteiger partial charge < -0.3 is 19.7 Å². The van der Waals surface area contributed by atoms with Gasteiger partial charge in [0.25, 0.3) is 0 Å². The Morgan fingerprint density at radius 1 is 1.32 bits per heavy atom. The molecule has 7 heteroatoms. The van der Waals surface area contributed by atoms with Crippen molar-refractivity contribution in [1.82, 2.24) is 0 Å². The first-order valence-electron chi connectivity index (χ1n) is 7.66. The Hall–Kier alpha value is -2.73. The first-order chi connectivity index (χ1) is 12.0. The van der Waals surface area contributed by atoms with Gasteiger partial charge in [0, 0.05) is 5.69 Å². The van der Waals surface area contributed by atoms with Gasteiger partial charge in [0.05, 0.1) is 24.4 Å². The van der Waals surface area contributed by atoms with Gasteiger partial charge in [-0.1, -0.05) is 17.7 Å². The average molecular weight is 361 g/mol. The highest BCUT2D eigenvalue weighted by molar-refractivity contribution is 6.32. The van der Waals surface area contributed by atoms with Crippen molar-refractivity contribution in [3.63, 3.8) is 0 Å². The second-order valence-electron chi connectivity index (χ2n) is 5.70. The molecule has 0 saturated heterocycles. The molecule has 2 aromatic carbocycles. The zero-order chi connectivity index (χ0) is 18.0. The van der Waals surface area contributed by atoms with Crippen molar-refractivity contribution < 1.29 is 19.1 Å². The largest absolute Gasteiger partial charge is 0.495 e. The van der Waals surface area contributed by atoms with Crippen molar-refractivity contribution in [3.05, 3.63) is 47.0 Å². The number of ether oxygens (including phenoxy) is 2. The zero-order valence-electron chi connectivity index (χ0n) is 13.8. The molecule has 0 radical (unpaired) electrons. The summed E-state index contributed by atoms with van der Waals surface area (Å²) in [6.07, 6.45) is 0. The number of aryl methyl sites for hydroxylation is 1. The molecule has 1 amide bonds. The lowest BCUT2D eigenvalue weighted by Crippen LogP contribution is -2.41. The molecule has 1 aliphatic heterocycles. The molecule has 0 aliphatic carbocycles. The van der Waals surface area contributed by atoms with E-state index in [2.05, 4.69) is 5.32 Å². The lowest BCUT2D eigenvalue weighted by atomic mass is 10.1. The number of carbonyl (C=O) groups is 2. The maximum Gasteiger partial charge on any atom is 0.331 e. The molecule has 6 nitrogen and oxygen atoms in total. The van der Waals surface area contributed by atoms with Crippen molar-refractivity contribution in [2.45, 2.75) is 6.92 Å². The summed E-state index contributed by atoms with van der Waals surface area (Å²) in [5, 5.41) is 3.17. The Balaban J connectivity index is 1.74. The minimum absolute atomic E-state index is 0.0211. The number of hydrogen-bond donors (Lipinski definition) is 1. The standard InChI is InChI=1S/C18H17ClN2O4/c1-11-3-5-16-14(7-11)21(10-18(23)25-16)9-17(22)20-12-4-6-15(24-2)13(19)8-12/h3-8H,9-10H2,1-2H3,(H,20,22). The molecule has 1 N–H and O–H groups in total. The Bertz CT molecular complexity index is 838. The summed E-state index contributed by atoms with van der Waals surface area (Å²) in [4.78, 5) is 25.8. The molecule has 0 bridgehead atoms. The van der Waals surface area contributed by atoms with Crippen LogP contribution in [0.4, 0.5) is 11.4 Å². The molecule has 0 spiro atoms. The van der Waals surface area contributed by atoms with Crippen LogP contribution in [0.1, 0.15) is 5.56 Å². The summed E-state index contributed by atoms with van der Waals surface area (Å²) in [6.45, 7) is 1.98. The van der Waals surface area contributed by atoms with Crippen molar-refractivity contribution in [2.75, 3.05) is 30.4 Å². The maximum atomic E-state index is 12.4. The predicted molar refractivity (Wildman–Crippen MR) is 95.7 cm³/mol. The molecule has 0 saturated carbocycles. The summed E-state index contributed by atoms with van der Waals surface area (Å²) in [7, 11) is 1.52. The number of esters is 1. The quantitative estimate of drug-likeness (QED) is 0.670. The summed E-state index contributed by atoms with van der Waals surface area (Å²) in [6, 6.07) is 10.5. The van der Waals surface area contributed by atoms with Gasteiger partial charge in [-0.05, 0) is 42.8 Å². The van der Waals surface area contributed by atoms with Gasteiger partial charge in [0.15, 0.2) is 5.75 Å². The molecular weight excluding hydrogens is 344 g/mol. The summed E-state index contributed by atoms with van der Waals surface area (Å²) in [5.41, 5.74) is 2.30. The van der Waals surface area contributed by atoms with Gasteiger partial charge in [-0.15, -0.1) is 0 Å². The Morgan fingerprint density at radius 3 is 2.84 bits per heavy atom. The second-order valence-corrected chi connectivity index (χ2v) is 6.11. The van der Waals surface area contributed by atoms with Gasteiger partial charge in [-0.25, -0.2) is 4.79 Å². The third-order valence-corrected chi connectivity index (χ3v) is 4.06. The molecule has 2 aromatic rings. The fourth-order valence-electron chi connectivity index (χ4n) is 2.62. The zero-order valence-corrected chi connectivity index (χ0v) is 14.6. The predicted octanol–water partition coefficient (Wildman–Crippen LogP) is 3.02. The number of rotatable bonds is 4. The third kappa shape index (κ3) is 3.85. The first kappa shape index (κ1) is 17.1. The highest BCUT2D eigenvalue weighted by Crippen LogP contribution is 2.32. The van der Waals surface area contributed by atoms with Crippen molar-refractivity contribution >= 4 is 34.9 Å². The second kappa shape index (κ2) is 7.03. The minimum Gasteiger partial charge on any atom is -0.495 e. The number of amides is 1. The van der Waals surface area contributed by atoms with E-state index in [0.717, 1.165) is 11.3 Å². The number of benzene rings is 2. The summed E-state index contributed by atoms with van der Waals surface area (Å²) < 4.78 is 10.3. The van der Waals surface area contributed by atoms with Crippen LogP contribution in [0.15, 0.2) is 36.4 Å². The minimum atomic E-state index is -0.392. The van der Waals surface area contributed by atoms with Crippen LogP contribution < -0.4 is 19.7 Å². The van der Waals surface area contributed by atoms with Gasteiger partial charge in [-0.3, -0.25) is 4.79 Å². The number of nitrogens with zero attached hydrogens (tertiary/aromatic N) is 1. The van der Waals surface area contributed by atoms with Crippen LogP contribution in [-0.4, -0.2) is 32.1 Å². The number of fused-ring (bicyclic) bond motifs is 1. The van der Waals surface area contributed by atoms with Crippen LogP contribution in [0.3, 0.4) is 0 Å². The molecule has 3 rings (SSSR count). The van der Waals surface area contributed by atoms with Crippen LogP contribution in [0.2, 0.25) is 5.02 Å². The molecule has 0 fully saturated rings. The number of anilines is 2. The Morgan fingerprint density at radius 2 is 2.12 bits per heavy atom. The lowest BCUT2D eigenvalue weighted by molar-refractivity contribution is -0.133. The van der Waals surface area contributed by atoms with Gasteiger partial charge in [0.1, 0.15) is 12.3 Å². The Kier molecular flexibility index (Phi) is 4.81. The molecule has 0 aromatic heterocycles. The van der Waals surface area contributed by atoms with E-state index in [1.165, 1.54) is 7.11 Å². The fraction of sp³-hybridized carbons (Fsp3) is 0.222. The van der Waals surface area contributed by atoms with Gasteiger partial charge >= 0.3 is 5.97 Å². The fourth-order valence-corrected chi connectivity index (χ4v) is 2.87. The topological polar surface area (TPSA) is 67.9 Å². The third-order valence-electron chi connectivity index (χ3n) is 3.77. The van der Waals surface area contributed by atoms with Crippen molar-refractivity contribution in [3.8, 4) is 11.5 Å². The maximum absolute atomic E-state index is 12.4. The van der Waals surface area contributed by atoms with E-state index >= 15 is 0 Å². The Labute approximate surface area is 150 Å². The van der Waals surface area contributed by atoms with E-state index in [9.17, 15) is 9.59 Å². The molecule has 25 heavy (non-hydrogen) atoms. The molecule has 1 aliphatic rings. The summed E-state index contributed by atoms with van der Waals surface area (Å²) in [5.74, 6) is 0.338. The molecule has 130 valence electrons. The van der Waals surface area contributed by atoms with Crippen LogP contribution in [0, 0.1) is 6.92 Å². The summed E-state index contributed by atoms with van der Waals surface area (Å²) >= 11 is 6.06. The number of halogens is 1. The van der Waals surface area contributed by atoms with E-state index in [1.54, 1.807) is 29.2 Å². The van der Waals surface area contributed by atoms with Crippen LogP contribution >= 0.6 is 11.6 Å². The van der Waals surface area contributed by atoms with E-state index in [1.807, 2.05) is 19.1 Å². The number of hydrogen-bond acceptors (Lipinski definition) is 5. The van der Waals surface area contributed by atoms with Crippen LogP contribution in [0.5, 0.6) is 11.5 Å². The highest BCUT2D eigenvalue weighted by atomic mass is 35.5. The van der Waals surface area contributed by atoms with E-state index in [0.29, 0.717) is 22.2 Å². The van der Waals surface area contributed by atoms with E-state index in [-0.39, 0.29) is 19.0 Å². The smallest absolute Gasteiger partial charge is 0.331 e. The normalized spacial score (nSPS) is 13.1. The monoisotopic (exact) mass is 360 g/mol. The molecule has 0 atom stereocenters. The molecule has 0 unspecified atom stereocenters. The van der Waals surface area contributed by atoms with Crippen molar-refractivity contribution in [2.24, 2.45) is 0 Å². The van der Waals surface area contributed by atoms with Gasteiger partial charge in [0.2, 0.25) is 5.91 Å². The highest BCUT2D eigenvalue weighted by Gasteiger charge is 2.25. The van der Waals surface area contributed by atoms with Crippen LogP contribution in [-0.2, 0) is 9.59 Å². The number of nitrogens with one attached hydrogen (secondary N) is 1. The van der Waals surface area contributed by atoms with E-state index < -0.39 is 5.97 Å². The number of methoxy groups -OCH3 is 1. The SMILES string of the molecule is COc1ccc(NC(=O)CN2CC(=O)Oc3ccc(C)cc32)cc1Cl. The first-order valence-corrected chi connectivity index (χ1v) is 8.04. The molecular formula is C18H17ClN2O4. The number of carbonyl (C=O) groups excluding carboxylic acids is 2. The van der Waals surface area contributed by atoms with Crippen molar-refractivity contribution in [1.29, 1.82) is 0 Å². The average Bonchev–Trinajstić information content (AvgIpc) is 2.55. The molecule has 1 heterocycles. The van der Waals surface area contributed by atoms with E-state index in [4.69, 9.17) is 21.1 Å². The lowest BCUT2D eigenvalue weighted by Gasteiger charge is -2.29. The van der Waals surface area contributed by atoms with Crippen LogP contribution in [0.25, 0.3) is 0 Å². The van der Waals surface area contributed by atoms with Gasteiger partial charge in [-0.2, -0.15) is 0 Å².